The molecule has 0 bridgehead atoms. The van der Waals surface area contributed by atoms with Gasteiger partial charge in [-0.15, -0.1) is 0 Å². The summed E-state index contributed by atoms with van der Waals surface area (Å²) in [4.78, 5) is 4.17. The second kappa shape index (κ2) is 5.26. The summed E-state index contributed by atoms with van der Waals surface area (Å²) in [6, 6.07) is 4.83. The van der Waals surface area contributed by atoms with Crippen molar-refractivity contribution >= 4 is 0 Å². The van der Waals surface area contributed by atoms with Crippen LogP contribution in [0.15, 0.2) is 24.5 Å². The number of rotatable bonds is 4. The van der Waals surface area contributed by atoms with Gasteiger partial charge in [0.1, 0.15) is 0 Å². The van der Waals surface area contributed by atoms with E-state index >= 15 is 0 Å². The van der Waals surface area contributed by atoms with E-state index in [9.17, 15) is 0 Å². The molecule has 1 fully saturated rings. The van der Waals surface area contributed by atoms with Crippen LogP contribution in [0, 0.1) is 5.92 Å². The molecule has 1 unspecified atom stereocenters. The van der Waals surface area contributed by atoms with Gasteiger partial charge in [0.25, 0.3) is 0 Å². The topological polar surface area (TPSA) is 24.9 Å². The molecule has 1 aromatic heterocycles. The molecule has 0 aliphatic heterocycles. The van der Waals surface area contributed by atoms with Crippen LogP contribution >= 0.6 is 0 Å². The lowest BCUT2D eigenvalue weighted by molar-refractivity contribution is 0.377. The first kappa shape index (κ1) is 10.6. The molecule has 0 spiro atoms. The molecule has 0 saturated heterocycles. The van der Waals surface area contributed by atoms with Crippen LogP contribution in [0.25, 0.3) is 0 Å². The Morgan fingerprint density at radius 1 is 1.47 bits per heavy atom. The van der Waals surface area contributed by atoms with Crippen LogP contribution in [-0.4, -0.2) is 18.1 Å². The van der Waals surface area contributed by atoms with Gasteiger partial charge < -0.3 is 5.32 Å². The average Bonchev–Trinajstić information content (AvgIpc) is 2.81. The third kappa shape index (κ3) is 2.78. The zero-order valence-electron chi connectivity index (χ0n) is 9.45. The Bertz CT molecular complexity index is 278. The fraction of sp³-hybridized carbons (Fsp3) is 0.615. The Labute approximate surface area is 92.1 Å². The molecule has 2 rings (SSSR count). The summed E-state index contributed by atoms with van der Waals surface area (Å²) in [5.41, 5.74) is 1.35. The molecule has 1 aliphatic carbocycles. The predicted octanol–water partition coefficient (Wildman–Crippen LogP) is 2.40. The molecule has 1 saturated carbocycles. The minimum atomic E-state index is 0.636. The maximum absolute atomic E-state index is 4.17. The molecule has 0 amide bonds. The van der Waals surface area contributed by atoms with E-state index in [1.807, 2.05) is 18.5 Å². The average molecular weight is 204 g/mol. The van der Waals surface area contributed by atoms with Crippen LogP contribution in [0.5, 0.6) is 0 Å². The maximum atomic E-state index is 4.17. The molecule has 2 heteroatoms. The summed E-state index contributed by atoms with van der Waals surface area (Å²) in [5, 5.41) is 3.46. The van der Waals surface area contributed by atoms with Crippen molar-refractivity contribution in [1.82, 2.24) is 10.3 Å². The summed E-state index contributed by atoms with van der Waals surface area (Å²) in [6.07, 6.45) is 10.6. The van der Waals surface area contributed by atoms with E-state index in [0.717, 1.165) is 12.3 Å². The second-order valence-corrected chi connectivity index (χ2v) is 4.51. The van der Waals surface area contributed by atoms with Crippen LogP contribution in [0.2, 0.25) is 0 Å². The van der Waals surface area contributed by atoms with Crippen LogP contribution in [0.3, 0.4) is 0 Å². The molecule has 2 nitrogen and oxygen atoms in total. The van der Waals surface area contributed by atoms with Crippen LogP contribution in [-0.2, 0) is 6.42 Å². The van der Waals surface area contributed by atoms with E-state index in [1.54, 1.807) is 0 Å². The Balaban J connectivity index is 1.96. The summed E-state index contributed by atoms with van der Waals surface area (Å²) in [7, 11) is 2.08. The lowest BCUT2D eigenvalue weighted by atomic mass is 9.93. The first-order valence-electron chi connectivity index (χ1n) is 5.96. The molecular weight excluding hydrogens is 184 g/mol. The van der Waals surface area contributed by atoms with Gasteiger partial charge in [0.05, 0.1) is 0 Å². The Kier molecular flexibility index (Phi) is 3.73. The Hall–Kier alpha value is -0.890. The van der Waals surface area contributed by atoms with Crippen molar-refractivity contribution in [2.45, 2.75) is 38.1 Å². The summed E-state index contributed by atoms with van der Waals surface area (Å²) < 4.78 is 0. The summed E-state index contributed by atoms with van der Waals surface area (Å²) >= 11 is 0. The second-order valence-electron chi connectivity index (χ2n) is 4.51. The van der Waals surface area contributed by atoms with Gasteiger partial charge in [-0.2, -0.15) is 0 Å². The van der Waals surface area contributed by atoms with Crippen LogP contribution < -0.4 is 5.32 Å². The van der Waals surface area contributed by atoms with Gasteiger partial charge in [-0.05, 0) is 43.9 Å². The number of likely N-dealkylation sites (N-methyl/N-ethyl adjacent to an activating group) is 1. The van der Waals surface area contributed by atoms with Crippen molar-refractivity contribution in [3.63, 3.8) is 0 Å². The molecule has 0 radical (unpaired) electrons. The van der Waals surface area contributed by atoms with E-state index in [1.165, 1.54) is 31.2 Å². The van der Waals surface area contributed by atoms with E-state index < -0.39 is 0 Å². The van der Waals surface area contributed by atoms with Crippen molar-refractivity contribution < 1.29 is 0 Å². The summed E-state index contributed by atoms with van der Waals surface area (Å²) in [6.45, 7) is 0. The van der Waals surface area contributed by atoms with E-state index in [-0.39, 0.29) is 0 Å². The highest BCUT2D eigenvalue weighted by Gasteiger charge is 2.23. The van der Waals surface area contributed by atoms with Gasteiger partial charge in [-0.3, -0.25) is 4.98 Å². The lowest BCUT2D eigenvalue weighted by Gasteiger charge is -2.22. The van der Waals surface area contributed by atoms with Crippen molar-refractivity contribution in [1.29, 1.82) is 0 Å². The normalized spacial score (nSPS) is 19.3. The largest absolute Gasteiger partial charge is 0.316 e. The summed E-state index contributed by atoms with van der Waals surface area (Å²) in [5.74, 6) is 0.871. The highest BCUT2D eigenvalue weighted by Crippen LogP contribution is 2.28. The number of hydrogen-bond acceptors (Lipinski definition) is 2. The first-order chi connectivity index (χ1) is 7.40. The molecule has 1 N–H and O–H groups in total. The van der Waals surface area contributed by atoms with E-state index in [4.69, 9.17) is 0 Å². The van der Waals surface area contributed by atoms with Crippen LogP contribution in [0.4, 0.5) is 0 Å². The van der Waals surface area contributed by atoms with Crippen molar-refractivity contribution in [2.75, 3.05) is 7.05 Å². The first-order valence-corrected chi connectivity index (χ1v) is 5.96. The third-order valence-corrected chi connectivity index (χ3v) is 3.52. The molecule has 1 atom stereocenters. The minimum Gasteiger partial charge on any atom is -0.316 e. The van der Waals surface area contributed by atoms with E-state index in [2.05, 4.69) is 23.4 Å². The highest BCUT2D eigenvalue weighted by molar-refractivity contribution is 5.10. The SMILES string of the molecule is CNC(Cc1cccnc1)C1CCCC1. The van der Waals surface area contributed by atoms with Gasteiger partial charge in [0, 0.05) is 18.4 Å². The van der Waals surface area contributed by atoms with Gasteiger partial charge in [0.15, 0.2) is 0 Å². The molecular formula is C13H20N2. The molecule has 15 heavy (non-hydrogen) atoms. The lowest BCUT2D eigenvalue weighted by Crippen LogP contribution is -2.34. The van der Waals surface area contributed by atoms with Crippen molar-refractivity contribution in [3.8, 4) is 0 Å². The van der Waals surface area contributed by atoms with Crippen LogP contribution in [0.1, 0.15) is 31.2 Å². The zero-order valence-corrected chi connectivity index (χ0v) is 9.45. The van der Waals surface area contributed by atoms with Gasteiger partial charge in [-0.25, -0.2) is 0 Å². The van der Waals surface area contributed by atoms with Crippen molar-refractivity contribution in [3.05, 3.63) is 30.1 Å². The maximum Gasteiger partial charge on any atom is 0.0300 e. The Morgan fingerprint density at radius 2 is 2.27 bits per heavy atom. The molecule has 0 aromatic carbocycles. The molecule has 1 heterocycles. The predicted molar refractivity (Wildman–Crippen MR) is 62.7 cm³/mol. The fourth-order valence-electron chi connectivity index (χ4n) is 2.64. The highest BCUT2D eigenvalue weighted by atomic mass is 14.9. The van der Waals surface area contributed by atoms with E-state index in [0.29, 0.717) is 6.04 Å². The number of hydrogen-bond donors (Lipinski definition) is 1. The fourth-order valence-corrected chi connectivity index (χ4v) is 2.64. The smallest absolute Gasteiger partial charge is 0.0300 e. The van der Waals surface area contributed by atoms with Gasteiger partial charge >= 0.3 is 0 Å². The molecule has 1 aliphatic rings. The molecule has 82 valence electrons. The molecule has 1 aromatic rings. The van der Waals surface area contributed by atoms with Crippen molar-refractivity contribution in [2.24, 2.45) is 5.92 Å². The quantitative estimate of drug-likeness (QED) is 0.814. The van der Waals surface area contributed by atoms with Gasteiger partial charge in [-0.1, -0.05) is 18.9 Å². The zero-order chi connectivity index (χ0) is 10.5. The van der Waals surface area contributed by atoms with Gasteiger partial charge in [0.2, 0.25) is 0 Å². The monoisotopic (exact) mass is 204 g/mol. The number of nitrogens with one attached hydrogen (secondary N) is 1. The number of nitrogens with zero attached hydrogens (tertiary/aromatic N) is 1. The number of pyridine rings is 1. The minimum absolute atomic E-state index is 0.636. The Morgan fingerprint density at radius 3 is 2.87 bits per heavy atom. The standard InChI is InChI=1S/C13H20N2/c1-14-13(12-6-2-3-7-12)9-11-5-4-8-15-10-11/h4-5,8,10,12-14H,2-3,6-7,9H2,1H3. The third-order valence-electron chi connectivity index (χ3n) is 3.52. The number of aromatic nitrogens is 1.